The molecule has 92 valence electrons. The lowest BCUT2D eigenvalue weighted by atomic mass is 10.2. The molecule has 1 aromatic rings. The van der Waals surface area contributed by atoms with Gasteiger partial charge in [0.15, 0.2) is 0 Å². The van der Waals surface area contributed by atoms with Crippen LogP contribution < -0.4 is 0 Å². The quantitative estimate of drug-likeness (QED) is 0.314. The number of carbonyl (C=O) groups excluding carboxylic acids is 1. The average Bonchev–Trinajstić information content (AvgIpc) is 2.38. The van der Waals surface area contributed by atoms with Gasteiger partial charge in [0.05, 0.1) is 32.7 Å². The molecule has 0 aliphatic rings. The summed E-state index contributed by atoms with van der Waals surface area (Å²) >= 11 is 0. The molecule has 4 heteroatoms. The molecule has 0 N–H and O–H groups in total. The van der Waals surface area contributed by atoms with Gasteiger partial charge in [-0.25, -0.2) is 4.79 Å². The Kier molecular flexibility index (Phi) is 6.51. The number of benzene rings is 1. The Bertz CT molecular complexity index is 346. The van der Waals surface area contributed by atoms with Crippen LogP contribution in [0.1, 0.15) is 5.56 Å². The molecule has 0 aliphatic heterocycles. The Labute approximate surface area is 101 Å². The SMILES string of the molecule is COC(=O)C=COCCOCc1ccccc1. The van der Waals surface area contributed by atoms with Crippen LogP contribution in [0.5, 0.6) is 0 Å². The van der Waals surface area contributed by atoms with Crippen LogP contribution in [0.15, 0.2) is 42.7 Å². The molecule has 0 amide bonds. The van der Waals surface area contributed by atoms with Crippen molar-refractivity contribution >= 4 is 5.97 Å². The number of rotatable bonds is 7. The highest BCUT2D eigenvalue weighted by atomic mass is 16.5. The smallest absolute Gasteiger partial charge is 0.333 e. The minimum Gasteiger partial charge on any atom is -0.499 e. The number of ether oxygens (including phenoxy) is 3. The van der Waals surface area contributed by atoms with E-state index in [2.05, 4.69) is 4.74 Å². The Morgan fingerprint density at radius 1 is 1.24 bits per heavy atom. The maximum atomic E-state index is 10.7. The second-order valence-electron chi connectivity index (χ2n) is 3.23. The van der Waals surface area contributed by atoms with E-state index >= 15 is 0 Å². The zero-order valence-corrected chi connectivity index (χ0v) is 9.80. The lowest BCUT2D eigenvalue weighted by Crippen LogP contribution is -2.02. The third-order valence-electron chi connectivity index (χ3n) is 1.96. The predicted molar refractivity (Wildman–Crippen MR) is 63.2 cm³/mol. The van der Waals surface area contributed by atoms with Gasteiger partial charge in [-0.1, -0.05) is 30.3 Å². The highest BCUT2D eigenvalue weighted by Gasteiger charge is 1.92. The normalized spacial score (nSPS) is 10.4. The minimum absolute atomic E-state index is 0.403. The molecule has 0 atom stereocenters. The molecular weight excluding hydrogens is 220 g/mol. The number of methoxy groups -OCH3 is 1. The lowest BCUT2D eigenvalue weighted by molar-refractivity contribution is -0.135. The highest BCUT2D eigenvalue weighted by molar-refractivity contribution is 5.81. The van der Waals surface area contributed by atoms with Crippen molar-refractivity contribution < 1.29 is 19.0 Å². The first-order valence-corrected chi connectivity index (χ1v) is 5.30. The summed E-state index contributed by atoms with van der Waals surface area (Å²) in [5, 5.41) is 0. The van der Waals surface area contributed by atoms with Crippen LogP contribution in [-0.4, -0.2) is 26.3 Å². The Balaban J connectivity index is 2.02. The number of hydrogen-bond acceptors (Lipinski definition) is 4. The fourth-order valence-corrected chi connectivity index (χ4v) is 1.11. The first kappa shape index (κ1) is 13.3. The molecule has 0 spiro atoms. The van der Waals surface area contributed by atoms with E-state index in [0.717, 1.165) is 5.56 Å². The molecule has 17 heavy (non-hydrogen) atoms. The van der Waals surface area contributed by atoms with E-state index in [1.165, 1.54) is 19.4 Å². The second kappa shape index (κ2) is 8.35. The molecule has 4 nitrogen and oxygen atoms in total. The Hall–Kier alpha value is -1.81. The average molecular weight is 236 g/mol. The van der Waals surface area contributed by atoms with Crippen LogP contribution in [0.3, 0.4) is 0 Å². The largest absolute Gasteiger partial charge is 0.499 e. The van der Waals surface area contributed by atoms with Gasteiger partial charge >= 0.3 is 5.97 Å². The van der Waals surface area contributed by atoms with Crippen molar-refractivity contribution in [3.63, 3.8) is 0 Å². The van der Waals surface area contributed by atoms with Crippen molar-refractivity contribution in [3.8, 4) is 0 Å². The molecule has 0 saturated heterocycles. The van der Waals surface area contributed by atoms with Gasteiger partial charge < -0.3 is 14.2 Å². The van der Waals surface area contributed by atoms with Crippen molar-refractivity contribution in [2.45, 2.75) is 6.61 Å². The second-order valence-corrected chi connectivity index (χ2v) is 3.23. The Morgan fingerprint density at radius 3 is 2.71 bits per heavy atom. The number of esters is 1. The van der Waals surface area contributed by atoms with Gasteiger partial charge in [0.25, 0.3) is 0 Å². The van der Waals surface area contributed by atoms with Crippen LogP contribution in [0, 0.1) is 0 Å². The molecular formula is C13H16O4. The van der Waals surface area contributed by atoms with Gasteiger partial charge in [-0.3, -0.25) is 0 Å². The van der Waals surface area contributed by atoms with Gasteiger partial charge in [0.1, 0.15) is 6.61 Å². The van der Waals surface area contributed by atoms with Gasteiger partial charge in [-0.15, -0.1) is 0 Å². The zero-order valence-electron chi connectivity index (χ0n) is 9.80. The summed E-state index contributed by atoms with van der Waals surface area (Å²) in [6.45, 7) is 1.44. The van der Waals surface area contributed by atoms with Crippen LogP contribution in [0.2, 0.25) is 0 Å². The predicted octanol–water partition coefficient (Wildman–Crippen LogP) is 1.91. The summed E-state index contributed by atoms with van der Waals surface area (Å²) < 4.78 is 14.8. The molecule has 0 aliphatic carbocycles. The molecule has 0 fully saturated rings. The van der Waals surface area contributed by atoms with E-state index < -0.39 is 5.97 Å². The molecule has 0 saturated carbocycles. The minimum atomic E-state index is -0.435. The van der Waals surface area contributed by atoms with Crippen molar-refractivity contribution in [2.24, 2.45) is 0 Å². The maximum absolute atomic E-state index is 10.7. The first-order chi connectivity index (χ1) is 8.33. The summed E-state index contributed by atoms with van der Waals surface area (Å²) in [5.74, 6) is -0.435. The zero-order chi connectivity index (χ0) is 12.3. The fraction of sp³-hybridized carbons (Fsp3) is 0.308. The summed E-state index contributed by atoms with van der Waals surface area (Å²) in [6.07, 6.45) is 2.52. The van der Waals surface area contributed by atoms with Crippen molar-refractivity contribution in [1.82, 2.24) is 0 Å². The van der Waals surface area contributed by atoms with Gasteiger partial charge in [0.2, 0.25) is 0 Å². The lowest BCUT2D eigenvalue weighted by Gasteiger charge is -2.03. The maximum Gasteiger partial charge on any atom is 0.333 e. The van der Waals surface area contributed by atoms with Crippen molar-refractivity contribution in [2.75, 3.05) is 20.3 Å². The third kappa shape index (κ3) is 6.37. The molecule has 0 heterocycles. The van der Waals surface area contributed by atoms with E-state index in [1.54, 1.807) is 0 Å². The van der Waals surface area contributed by atoms with Crippen LogP contribution in [0.4, 0.5) is 0 Å². The summed E-state index contributed by atoms with van der Waals surface area (Å²) in [6, 6.07) is 9.89. The van der Waals surface area contributed by atoms with E-state index in [4.69, 9.17) is 9.47 Å². The first-order valence-electron chi connectivity index (χ1n) is 5.30. The van der Waals surface area contributed by atoms with Crippen LogP contribution >= 0.6 is 0 Å². The molecule has 0 aromatic heterocycles. The monoisotopic (exact) mass is 236 g/mol. The molecule has 0 unspecified atom stereocenters. The van der Waals surface area contributed by atoms with Crippen molar-refractivity contribution in [1.29, 1.82) is 0 Å². The Morgan fingerprint density at radius 2 is 2.00 bits per heavy atom. The van der Waals surface area contributed by atoms with Crippen LogP contribution in [-0.2, 0) is 25.6 Å². The molecule has 1 aromatic carbocycles. The summed E-state index contributed by atoms with van der Waals surface area (Å²) in [7, 11) is 1.32. The fourth-order valence-electron chi connectivity index (χ4n) is 1.11. The third-order valence-corrected chi connectivity index (χ3v) is 1.96. The standard InChI is InChI=1S/C13H16O4/c1-15-13(14)7-8-16-9-10-17-11-12-5-3-2-4-6-12/h2-8H,9-11H2,1H3. The molecule has 0 bridgehead atoms. The van der Waals surface area contributed by atoms with Gasteiger partial charge in [-0.2, -0.15) is 0 Å². The van der Waals surface area contributed by atoms with Gasteiger partial charge in [-0.05, 0) is 5.56 Å². The van der Waals surface area contributed by atoms with Crippen molar-refractivity contribution in [3.05, 3.63) is 48.2 Å². The van der Waals surface area contributed by atoms with Crippen LogP contribution in [0.25, 0.3) is 0 Å². The van der Waals surface area contributed by atoms with E-state index in [9.17, 15) is 4.79 Å². The molecule has 1 rings (SSSR count). The van der Waals surface area contributed by atoms with E-state index in [1.807, 2.05) is 30.3 Å². The number of hydrogen-bond donors (Lipinski definition) is 0. The molecule has 0 radical (unpaired) electrons. The van der Waals surface area contributed by atoms with Gasteiger partial charge in [0, 0.05) is 0 Å². The summed E-state index contributed by atoms with van der Waals surface area (Å²) in [4.78, 5) is 10.7. The topological polar surface area (TPSA) is 44.8 Å². The van der Waals surface area contributed by atoms with E-state index in [-0.39, 0.29) is 0 Å². The number of carbonyl (C=O) groups is 1. The van der Waals surface area contributed by atoms with E-state index in [0.29, 0.717) is 19.8 Å². The summed E-state index contributed by atoms with van der Waals surface area (Å²) in [5.41, 5.74) is 1.12. The highest BCUT2D eigenvalue weighted by Crippen LogP contribution is 1.99.